The number of hydrogen-bond donors (Lipinski definition) is 1. The Bertz CT molecular complexity index is 739. The number of piperidine rings is 1. The Morgan fingerprint density at radius 3 is 2.52 bits per heavy atom. The van der Waals surface area contributed by atoms with E-state index in [0.717, 1.165) is 58.2 Å². The summed E-state index contributed by atoms with van der Waals surface area (Å²) in [5.41, 5.74) is 2.11. The summed E-state index contributed by atoms with van der Waals surface area (Å²) in [4.78, 5) is 28.7. The van der Waals surface area contributed by atoms with Crippen LogP contribution in [0.1, 0.15) is 49.7 Å². The third kappa shape index (κ3) is 4.35. The van der Waals surface area contributed by atoms with E-state index >= 15 is 0 Å². The maximum Gasteiger partial charge on any atom is 0.311 e. The van der Waals surface area contributed by atoms with Crippen molar-refractivity contribution in [3.63, 3.8) is 0 Å². The minimum atomic E-state index is -0.663. The van der Waals surface area contributed by atoms with Crippen LogP contribution in [-0.4, -0.2) is 59.5 Å². The van der Waals surface area contributed by atoms with Gasteiger partial charge in [0.05, 0.1) is 12.0 Å². The Hall–Kier alpha value is -1.88. The van der Waals surface area contributed by atoms with Gasteiger partial charge >= 0.3 is 5.97 Å². The van der Waals surface area contributed by atoms with Gasteiger partial charge in [0, 0.05) is 26.2 Å². The van der Waals surface area contributed by atoms with E-state index in [1.807, 2.05) is 4.90 Å². The highest BCUT2D eigenvalue weighted by atomic mass is 16.4. The third-order valence-corrected chi connectivity index (χ3v) is 7.66. The van der Waals surface area contributed by atoms with Crippen molar-refractivity contribution in [1.82, 2.24) is 9.80 Å². The van der Waals surface area contributed by atoms with Crippen LogP contribution < -0.4 is 0 Å². The average Bonchev–Trinajstić information content (AvgIpc) is 3.26. The monoisotopic (exact) mass is 398 g/mol. The van der Waals surface area contributed by atoms with E-state index in [1.54, 1.807) is 0 Å². The highest BCUT2D eigenvalue weighted by molar-refractivity contribution is 5.79. The number of fused-ring (bicyclic) bond motifs is 1. The van der Waals surface area contributed by atoms with Crippen LogP contribution in [0.2, 0.25) is 0 Å². The molecule has 1 amide bonds. The van der Waals surface area contributed by atoms with Crippen LogP contribution in [-0.2, 0) is 16.0 Å². The molecular weight excluding hydrogens is 364 g/mol. The second kappa shape index (κ2) is 8.47. The Morgan fingerprint density at radius 2 is 1.86 bits per heavy atom. The summed E-state index contributed by atoms with van der Waals surface area (Å²) < 4.78 is 0. The Morgan fingerprint density at radius 1 is 1.14 bits per heavy atom. The quantitative estimate of drug-likeness (QED) is 0.798. The molecule has 2 atom stereocenters. The minimum absolute atomic E-state index is 0.183. The number of carboxylic acids is 1. The second-order valence-corrected chi connectivity index (χ2v) is 9.57. The van der Waals surface area contributed by atoms with Gasteiger partial charge in [-0.05, 0) is 62.8 Å². The van der Waals surface area contributed by atoms with E-state index < -0.39 is 11.4 Å². The molecule has 5 heteroatoms. The number of benzene rings is 1. The van der Waals surface area contributed by atoms with Crippen molar-refractivity contribution in [2.45, 2.75) is 51.9 Å². The Balaban J connectivity index is 1.21. The molecule has 158 valence electrons. The van der Waals surface area contributed by atoms with E-state index in [1.165, 1.54) is 17.5 Å². The number of aliphatic carboxylic acids is 1. The molecule has 3 aliphatic rings. The van der Waals surface area contributed by atoms with Crippen molar-refractivity contribution in [2.24, 2.45) is 17.3 Å². The van der Waals surface area contributed by atoms with Gasteiger partial charge in [0.15, 0.2) is 0 Å². The molecule has 2 saturated heterocycles. The maximum atomic E-state index is 12.8. The Kier molecular flexibility index (Phi) is 5.95. The number of rotatable bonds is 6. The number of carbonyl (C=O) groups is 2. The Labute approximate surface area is 174 Å². The molecule has 1 saturated carbocycles. The molecule has 0 bridgehead atoms. The second-order valence-electron chi connectivity index (χ2n) is 9.57. The first-order valence-corrected chi connectivity index (χ1v) is 11.3. The summed E-state index contributed by atoms with van der Waals surface area (Å²) in [5, 5.41) is 9.73. The van der Waals surface area contributed by atoms with E-state index in [-0.39, 0.29) is 11.8 Å². The first kappa shape index (κ1) is 20.4. The highest BCUT2D eigenvalue weighted by Crippen LogP contribution is 2.48. The summed E-state index contributed by atoms with van der Waals surface area (Å²) >= 11 is 0. The van der Waals surface area contributed by atoms with Gasteiger partial charge in [0.1, 0.15) is 0 Å². The lowest BCUT2D eigenvalue weighted by Gasteiger charge is -2.33. The van der Waals surface area contributed by atoms with Crippen LogP contribution >= 0.6 is 0 Å². The molecule has 0 radical (unpaired) electrons. The molecule has 0 unspecified atom stereocenters. The standard InChI is InChI=1S/C24H34N2O3/c1-18-4-6-19(7-5-18)8-9-20-10-13-26(14-11-20)22(27)16-25-15-21-3-2-12-24(21,17-25)23(28)29/h4-7,20-21H,2-3,8-17H2,1H3,(H,28,29)/t21-,24+/m0/s1. The number of nitrogens with zero attached hydrogens (tertiary/aromatic N) is 2. The van der Waals surface area contributed by atoms with Crippen molar-refractivity contribution in [3.05, 3.63) is 35.4 Å². The smallest absolute Gasteiger partial charge is 0.311 e. The molecule has 2 aliphatic heterocycles. The van der Waals surface area contributed by atoms with E-state index in [2.05, 4.69) is 36.1 Å². The van der Waals surface area contributed by atoms with Gasteiger partial charge in [-0.25, -0.2) is 0 Å². The van der Waals surface area contributed by atoms with Gasteiger partial charge in [-0.1, -0.05) is 36.2 Å². The molecule has 1 aliphatic carbocycles. The topological polar surface area (TPSA) is 60.9 Å². The van der Waals surface area contributed by atoms with Gasteiger partial charge in [0.25, 0.3) is 0 Å². The normalized spacial score (nSPS) is 27.9. The summed E-state index contributed by atoms with van der Waals surface area (Å²) in [6, 6.07) is 8.81. The maximum absolute atomic E-state index is 12.8. The number of amides is 1. The van der Waals surface area contributed by atoms with Crippen molar-refractivity contribution >= 4 is 11.9 Å². The average molecular weight is 399 g/mol. The van der Waals surface area contributed by atoms with Crippen LogP contribution in [0.3, 0.4) is 0 Å². The molecule has 1 N–H and O–H groups in total. The molecule has 29 heavy (non-hydrogen) atoms. The number of likely N-dealkylation sites (tertiary alicyclic amines) is 2. The summed E-state index contributed by atoms with van der Waals surface area (Å²) in [6.45, 7) is 5.51. The highest BCUT2D eigenvalue weighted by Gasteiger charge is 2.54. The van der Waals surface area contributed by atoms with Crippen molar-refractivity contribution < 1.29 is 14.7 Å². The molecule has 3 fully saturated rings. The van der Waals surface area contributed by atoms with Crippen LogP contribution in [0.4, 0.5) is 0 Å². The van der Waals surface area contributed by atoms with Crippen LogP contribution in [0.15, 0.2) is 24.3 Å². The number of hydrogen-bond acceptors (Lipinski definition) is 3. The van der Waals surface area contributed by atoms with Crippen LogP contribution in [0.25, 0.3) is 0 Å². The van der Waals surface area contributed by atoms with E-state index in [0.29, 0.717) is 19.0 Å². The van der Waals surface area contributed by atoms with Crippen LogP contribution in [0, 0.1) is 24.2 Å². The summed E-state index contributed by atoms with van der Waals surface area (Å²) in [7, 11) is 0. The first-order valence-electron chi connectivity index (χ1n) is 11.3. The van der Waals surface area contributed by atoms with Gasteiger partial charge in [-0.2, -0.15) is 0 Å². The zero-order chi connectivity index (χ0) is 20.4. The predicted molar refractivity (Wildman–Crippen MR) is 113 cm³/mol. The molecule has 1 aromatic rings. The lowest BCUT2D eigenvalue weighted by atomic mass is 9.81. The zero-order valence-corrected chi connectivity index (χ0v) is 17.6. The van der Waals surface area contributed by atoms with Gasteiger partial charge in [0.2, 0.25) is 5.91 Å². The fraction of sp³-hybridized carbons (Fsp3) is 0.667. The molecule has 2 heterocycles. The lowest BCUT2D eigenvalue weighted by Crippen LogP contribution is -2.44. The van der Waals surface area contributed by atoms with Crippen LogP contribution in [0.5, 0.6) is 0 Å². The molecule has 5 nitrogen and oxygen atoms in total. The first-order chi connectivity index (χ1) is 14.0. The molecule has 0 spiro atoms. The number of carboxylic acid groups (broad SMARTS) is 1. The summed E-state index contributed by atoms with van der Waals surface area (Å²) in [6.07, 6.45) is 7.24. The molecule has 0 aromatic heterocycles. The minimum Gasteiger partial charge on any atom is -0.481 e. The number of aryl methyl sites for hydroxylation is 2. The third-order valence-electron chi connectivity index (χ3n) is 7.66. The molecule has 1 aromatic carbocycles. The van der Waals surface area contributed by atoms with Gasteiger partial charge in [-0.3, -0.25) is 14.5 Å². The largest absolute Gasteiger partial charge is 0.481 e. The lowest BCUT2D eigenvalue weighted by molar-refractivity contribution is -0.149. The molecular formula is C24H34N2O3. The van der Waals surface area contributed by atoms with Crippen molar-refractivity contribution in [3.8, 4) is 0 Å². The fourth-order valence-corrected chi connectivity index (χ4v) is 5.75. The summed E-state index contributed by atoms with van der Waals surface area (Å²) in [5.74, 6) is 0.439. The van der Waals surface area contributed by atoms with Gasteiger partial charge < -0.3 is 10.0 Å². The molecule has 4 rings (SSSR count). The fourth-order valence-electron chi connectivity index (χ4n) is 5.75. The number of carbonyl (C=O) groups excluding carboxylic acids is 1. The SMILES string of the molecule is Cc1ccc(CCC2CCN(C(=O)CN3C[C@@H]4CCC[C@@]4(C(=O)O)C3)CC2)cc1. The van der Waals surface area contributed by atoms with E-state index in [9.17, 15) is 14.7 Å². The predicted octanol–water partition coefficient (Wildman–Crippen LogP) is 3.35. The van der Waals surface area contributed by atoms with Crippen molar-refractivity contribution in [2.75, 3.05) is 32.7 Å². The van der Waals surface area contributed by atoms with E-state index in [4.69, 9.17) is 0 Å². The zero-order valence-electron chi connectivity index (χ0n) is 17.6. The van der Waals surface area contributed by atoms with Crippen molar-refractivity contribution in [1.29, 1.82) is 0 Å². The van der Waals surface area contributed by atoms with Gasteiger partial charge in [-0.15, -0.1) is 0 Å².